The topological polar surface area (TPSA) is 79.6 Å². The Labute approximate surface area is 159 Å². The van der Waals surface area contributed by atoms with E-state index in [0.717, 1.165) is 18.1 Å². The van der Waals surface area contributed by atoms with Crippen LogP contribution in [-0.2, 0) is 6.42 Å². The number of rotatable bonds is 5. The minimum Gasteiger partial charge on any atom is -0.459 e. The van der Waals surface area contributed by atoms with Crippen molar-refractivity contribution in [3.63, 3.8) is 0 Å². The SMILES string of the molecule is Fc1cncc(-c2nc(NCCc3c[nH]c4ccccc34)c3occc3n2)c1. The average molecular weight is 373 g/mol. The van der Waals surface area contributed by atoms with Crippen molar-refractivity contribution >= 4 is 27.8 Å². The number of pyridine rings is 1. The van der Waals surface area contributed by atoms with Crippen molar-refractivity contribution in [3.8, 4) is 11.4 Å². The van der Waals surface area contributed by atoms with Crippen LogP contribution in [-0.4, -0.2) is 26.5 Å². The number of aromatic nitrogens is 4. The lowest BCUT2D eigenvalue weighted by Gasteiger charge is -2.08. The summed E-state index contributed by atoms with van der Waals surface area (Å²) in [5, 5.41) is 4.54. The predicted molar refractivity (Wildman–Crippen MR) is 105 cm³/mol. The Morgan fingerprint density at radius 1 is 1.11 bits per heavy atom. The van der Waals surface area contributed by atoms with Crippen LogP contribution < -0.4 is 5.32 Å². The van der Waals surface area contributed by atoms with Crippen LogP contribution in [0.4, 0.5) is 10.2 Å². The molecule has 4 heterocycles. The second kappa shape index (κ2) is 6.77. The fraction of sp³-hybridized carbons (Fsp3) is 0.0952. The molecule has 0 bridgehead atoms. The summed E-state index contributed by atoms with van der Waals surface area (Å²) >= 11 is 0. The normalized spacial score (nSPS) is 11.3. The van der Waals surface area contributed by atoms with Crippen molar-refractivity contribution in [2.45, 2.75) is 6.42 Å². The number of furan rings is 1. The van der Waals surface area contributed by atoms with Gasteiger partial charge in [0.15, 0.2) is 17.2 Å². The van der Waals surface area contributed by atoms with Crippen LogP contribution >= 0.6 is 0 Å². The number of nitrogens with zero attached hydrogens (tertiary/aromatic N) is 3. The van der Waals surface area contributed by atoms with Gasteiger partial charge in [-0.25, -0.2) is 14.4 Å². The van der Waals surface area contributed by atoms with Crippen molar-refractivity contribution < 1.29 is 8.81 Å². The Kier molecular flexibility index (Phi) is 3.97. The highest BCUT2D eigenvalue weighted by molar-refractivity contribution is 5.86. The first-order chi connectivity index (χ1) is 13.8. The molecule has 0 aliphatic rings. The summed E-state index contributed by atoms with van der Waals surface area (Å²) in [4.78, 5) is 16.1. The Balaban J connectivity index is 1.43. The standard InChI is InChI=1S/C21H16FN5O/c22-15-9-14(10-23-12-15)20-26-18-6-8-28-19(18)21(27-20)24-7-5-13-11-25-17-4-2-1-3-16(13)17/h1-4,6,8-12,25H,5,7H2,(H,24,26,27). The quantitative estimate of drug-likeness (QED) is 0.472. The van der Waals surface area contributed by atoms with E-state index in [4.69, 9.17) is 4.42 Å². The van der Waals surface area contributed by atoms with Gasteiger partial charge in [-0.2, -0.15) is 0 Å². The molecule has 0 aliphatic heterocycles. The van der Waals surface area contributed by atoms with Gasteiger partial charge in [-0.3, -0.25) is 4.98 Å². The number of H-pyrrole nitrogens is 1. The van der Waals surface area contributed by atoms with Gasteiger partial charge >= 0.3 is 0 Å². The zero-order chi connectivity index (χ0) is 18.9. The third-order valence-corrected chi connectivity index (χ3v) is 4.63. The number of halogens is 1. The number of benzene rings is 1. The molecule has 0 aliphatic carbocycles. The molecule has 6 nitrogen and oxygen atoms in total. The molecule has 0 saturated heterocycles. The van der Waals surface area contributed by atoms with Gasteiger partial charge in [0, 0.05) is 41.5 Å². The van der Waals surface area contributed by atoms with Gasteiger partial charge < -0.3 is 14.7 Å². The monoisotopic (exact) mass is 373 g/mol. The predicted octanol–water partition coefficient (Wildman–Crippen LogP) is 4.56. The number of aromatic amines is 1. The van der Waals surface area contributed by atoms with E-state index < -0.39 is 5.82 Å². The van der Waals surface area contributed by atoms with E-state index in [1.54, 1.807) is 18.5 Å². The summed E-state index contributed by atoms with van der Waals surface area (Å²) in [6, 6.07) is 11.3. The molecule has 0 unspecified atom stereocenters. The molecule has 7 heteroatoms. The van der Waals surface area contributed by atoms with Crippen LogP contribution in [0.3, 0.4) is 0 Å². The van der Waals surface area contributed by atoms with Crippen molar-refractivity contribution in [1.29, 1.82) is 0 Å². The molecule has 5 rings (SSSR count). The van der Waals surface area contributed by atoms with Gasteiger partial charge in [0.25, 0.3) is 0 Å². The first-order valence-corrected chi connectivity index (χ1v) is 8.93. The van der Waals surface area contributed by atoms with Gasteiger partial charge in [-0.05, 0) is 24.1 Å². The van der Waals surface area contributed by atoms with Gasteiger partial charge in [0.2, 0.25) is 0 Å². The molecule has 4 aromatic heterocycles. The molecule has 28 heavy (non-hydrogen) atoms. The minimum atomic E-state index is -0.428. The van der Waals surface area contributed by atoms with E-state index in [1.165, 1.54) is 17.0 Å². The number of para-hydroxylation sites is 1. The summed E-state index contributed by atoms with van der Waals surface area (Å²) in [5.74, 6) is 0.548. The number of fused-ring (bicyclic) bond motifs is 2. The van der Waals surface area contributed by atoms with E-state index in [2.05, 4.69) is 37.4 Å². The molecular weight excluding hydrogens is 357 g/mol. The van der Waals surface area contributed by atoms with Crippen molar-refractivity contribution in [2.75, 3.05) is 11.9 Å². The highest BCUT2D eigenvalue weighted by atomic mass is 19.1. The maximum atomic E-state index is 13.5. The smallest absolute Gasteiger partial charge is 0.194 e. The second-order valence-corrected chi connectivity index (χ2v) is 6.46. The molecule has 138 valence electrons. The third-order valence-electron chi connectivity index (χ3n) is 4.63. The lowest BCUT2D eigenvalue weighted by molar-refractivity contribution is 0.614. The lowest BCUT2D eigenvalue weighted by Crippen LogP contribution is -2.07. The summed E-state index contributed by atoms with van der Waals surface area (Å²) < 4.78 is 19.1. The van der Waals surface area contributed by atoms with Crippen LogP contribution in [0.2, 0.25) is 0 Å². The Morgan fingerprint density at radius 2 is 2.04 bits per heavy atom. The highest BCUT2D eigenvalue weighted by Crippen LogP contribution is 2.26. The molecule has 5 aromatic rings. The van der Waals surface area contributed by atoms with Crippen molar-refractivity contribution in [3.05, 3.63) is 72.6 Å². The zero-order valence-electron chi connectivity index (χ0n) is 14.8. The Morgan fingerprint density at radius 3 is 2.96 bits per heavy atom. The van der Waals surface area contributed by atoms with Gasteiger partial charge in [0.1, 0.15) is 11.3 Å². The number of nitrogens with one attached hydrogen (secondary N) is 2. The van der Waals surface area contributed by atoms with E-state index >= 15 is 0 Å². The van der Waals surface area contributed by atoms with E-state index in [-0.39, 0.29) is 0 Å². The first kappa shape index (κ1) is 16.4. The molecule has 0 radical (unpaired) electrons. The number of anilines is 1. The van der Waals surface area contributed by atoms with Crippen molar-refractivity contribution in [1.82, 2.24) is 19.9 Å². The van der Waals surface area contributed by atoms with E-state index in [0.29, 0.717) is 34.9 Å². The third kappa shape index (κ3) is 2.96. The minimum absolute atomic E-state index is 0.399. The number of hydrogen-bond donors (Lipinski definition) is 2. The first-order valence-electron chi connectivity index (χ1n) is 8.93. The summed E-state index contributed by atoms with van der Waals surface area (Å²) in [6.45, 7) is 0.662. The molecule has 2 N–H and O–H groups in total. The highest BCUT2D eigenvalue weighted by Gasteiger charge is 2.13. The zero-order valence-corrected chi connectivity index (χ0v) is 14.8. The molecule has 0 amide bonds. The molecule has 0 fully saturated rings. The maximum Gasteiger partial charge on any atom is 0.194 e. The van der Waals surface area contributed by atoms with Crippen molar-refractivity contribution in [2.24, 2.45) is 0 Å². The van der Waals surface area contributed by atoms with E-state index in [9.17, 15) is 4.39 Å². The van der Waals surface area contributed by atoms with Gasteiger partial charge in [-0.1, -0.05) is 18.2 Å². The van der Waals surface area contributed by atoms with Crippen LogP contribution in [0.5, 0.6) is 0 Å². The largest absolute Gasteiger partial charge is 0.459 e. The van der Waals surface area contributed by atoms with Crippen LogP contribution in [0.1, 0.15) is 5.56 Å². The van der Waals surface area contributed by atoms with Crippen LogP contribution in [0, 0.1) is 5.82 Å². The fourth-order valence-electron chi connectivity index (χ4n) is 3.30. The molecular formula is C21H16FN5O. The summed E-state index contributed by atoms with van der Waals surface area (Å²) in [5.41, 5.74) is 4.09. The molecule has 0 spiro atoms. The Hall–Kier alpha value is -3.74. The molecule has 1 aromatic carbocycles. The second-order valence-electron chi connectivity index (χ2n) is 6.46. The summed E-state index contributed by atoms with van der Waals surface area (Å²) in [6.07, 6.45) is 7.10. The van der Waals surface area contributed by atoms with Gasteiger partial charge in [0.05, 0.1) is 12.5 Å². The lowest BCUT2D eigenvalue weighted by atomic mass is 10.1. The fourth-order valence-corrected chi connectivity index (χ4v) is 3.30. The maximum absolute atomic E-state index is 13.5. The molecule has 0 atom stereocenters. The Bertz CT molecular complexity index is 1280. The summed E-state index contributed by atoms with van der Waals surface area (Å²) in [7, 11) is 0. The van der Waals surface area contributed by atoms with Gasteiger partial charge in [-0.15, -0.1) is 0 Å². The van der Waals surface area contributed by atoms with Crippen LogP contribution in [0.25, 0.3) is 33.4 Å². The number of hydrogen-bond acceptors (Lipinski definition) is 5. The van der Waals surface area contributed by atoms with E-state index in [1.807, 2.05) is 18.3 Å². The molecule has 0 saturated carbocycles. The average Bonchev–Trinajstić information content (AvgIpc) is 3.35. The van der Waals surface area contributed by atoms with Crippen LogP contribution in [0.15, 0.2) is 65.7 Å².